The molecule has 2 aromatic carbocycles. The third kappa shape index (κ3) is 6.78. The Labute approximate surface area is 254 Å². The zero-order valence-corrected chi connectivity index (χ0v) is 26.0. The lowest BCUT2D eigenvalue weighted by Crippen LogP contribution is -2.53. The van der Waals surface area contributed by atoms with E-state index in [1.165, 1.54) is 6.20 Å². The largest absolute Gasteiger partial charge is 0.414 e. The van der Waals surface area contributed by atoms with Crippen molar-refractivity contribution in [3.8, 4) is 17.3 Å². The molecule has 2 heterocycles. The number of hydrogen-bond acceptors (Lipinski definition) is 7. The summed E-state index contributed by atoms with van der Waals surface area (Å²) in [6.45, 7) is 4.72. The average Bonchev–Trinajstić information content (AvgIpc) is 3.54. The van der Waals surface area contributed by atoms with Crippen LogP contribution in [0.4, 0.5) is 4.79 Å². The number of imidazole rings is 1. The van der Waals surface area contributed by atoms with Crippen molar-refractivity contribution in [1.29, 1.82) is 0 Å². The summed E-state index contributed by atoms with van der Waals surface area (Å²) in [5, 5.41) is 2.73. The molecule has 1 saturated carbocycles. The Morgan fingerprint density at radius 3 is 2.42 bits per heavy atom. The number of carbonyl (C=O) groups is 2. The van der Waals surface area contributed by atoms with Crippen LogP contribution in [-0.4, -0.2) is 83.3 Å². The Morgan fingerprint density at radius 1 is 1.07 bits per heavy atom. The second-order valence-corrected chi connectivity index (χ2v) is 13.9. The van der Waals surface area contributed by atoms with Crippen LogP contribution in [0.3, 0.4) is 0 Å². The Morgan fingerprint density at radius 2 is 1.74 bits per heavy atom. The normalized spacial score (nSPS) is 22.7. The zero-order valence-electron chi connectivity index (χ0n) is 25.2. The number of aromatic nitrogens is 2. The van der Waals surface area contributed by atoms with Crippen LogP contribution in [0, 0.1) is 5.92 Å². The van der Waals surface area contributed by atoms with E-state index in [0.717, 1.165) is 12.0 Å². The van der Waals surface area contributed by atoms with Gasteiger partial charge < -0.3 is 19.9 Å². The molecule has 3 aromatic rings. The summed E-state index contributed by atoms with van der Waals surface area (Å²) in [5.41, 5.74) is 0.889. The van der Waals surface area contributed by atoms with E-state index in [2.05, 4.69) is 36.1 Å². The molecule has 1 N–H and O–H groups in total. The molecule has 10 nitrogen and oxygen atoms in total. The van der Waals surface area contributed by atoms with Gasteiger partial charge in [0.05, 0.1) is 16.8 Å². The number of benzene rings is 2. The van der Waals surface area contributed by atoms with Gasteiger partial charge in [0, 0.05) is 37.3 Å². The van der Waals surface area contributed by atoms with Crippen LogP contribution in [0.5, 0.6) is 5.88 Å². The highest BCUT2D eigenvalue weighted by atomic mass is 32.2. The lowest BCUT2D eigenvalue weighted by Gasteiger charge is -2.44. The van der Waals surface area contributed by atoms with Crippen LogP contribution >= 0.6 is 0 Å². The van der Waals surface area contributed by atoms with Crippen molar-refractivity contribution in [2.24, 2.45) is 13.0 Å². The smallest absolute Gasteiger partial charge is 0.391 e. The van der Waals surface area contributed by atoms with Gasteiger partial charge in [0.2, 0.25) is 11.8 Å². The van der Waals surface area contributed by atoms with Gasteiger partial charge in [0.15, 0.2) is 9.84 Å². The fourth-order valence-electron chi connectivity index (χ4n) is 6.39. The van der Waals surface area contributed by atoms with Gasteiger partial charge in [-0.3, -0.25) is 9.36 Å². The van der Waals surface area contributed by atoms with E-state index in [9.17, 15) is 18.0 Å². The maximum absolute atomic E-state index is 13.6. The summed E-state index contributed by atoms with van der Waals surface area (Å²) < 4.78 is 34.1. The fourth-order valence-corrected chi connectivity index (χ4v) is 8.07. The average molecular weight is 608 g/mol. The van der Waals surface area contributed by atoms with Crippen molar-refractivity contribution in [3.63, 3.8) is 0 Å². The molecule has 2 amide bonds. The zero-order chi connectivity index (χ0) is 30.7. The fraction of sp³-hybridized carbons (Fsp3) is 0.469. The van der Waals surface area contributed by atoms with Crippen molar-refractivity contribution in [1.82, 2.24) is 24.7 Å². The second kappa shape index (κ2) is 12.9. The number of nitrogens with zero attached hydrogens (tertiary/aromatic N) is 4. The molecular weight excluding hydrogens is 566 g/mol. The lowest BCUT2D eigenvalue weighted by molar-refractivity contribution is -0.133. The number of amides is 2. The summed E-state index contributed by atoms with van der Waals surface area (Å²) in [5.74, 6) is 0.456. The van der Waals surface area contributed by atoms with Gasteiger partial charge in [-0.1, -0.05) is 48.5 Å². The summed E-state index contributed by atoms with van der Waals surface area (Å²) in [4.78, 5) is 35.3. The third-order valence-electron chi connectivity index (χ3n) is 8.95. The van der Waals surface area contributed by atoms with Crippen molar-refractivity contribution in [3.05, 3.63) is 66.9 Å². The molecule has 0 bridgehead atoms. The number of likely N-dealkylation sites (tertiary alicyclic amines) is 1. The highest BCUT2D eigenvalue weighted by Crippen LogP contribution is 2.36. The molecule has 4 atom stereocenters. The highest BCUT2D eigenvalue weighted by Gasteiger charge is 2.44. The summed E-state index contributed by atoms with van der Waals surface area (Å²) >= 11 is 0. The molecule has 230 valence electrons. The van der Waals surface area contributed by atoms with Crippen LogP contribution in [0.15, 0.2) is 71.8 Å². The van der Waals surface area contributed by atoms with Gasteiger partial charge in [-0.25, -0.2) is 18.2 Å². The Balaban J connectivity index is 1.27. The minimum atomic E-state index is -3.55. The predicted molar refractivity (Wildman–Crippen MR) is 164 cm³/mol. The van der Waals surface area contributed by atoms with Crippen LogP contribution in [0.25, 0.3) is 11.4 Å². The first kappa shape index (κ1) is 30.7. The quantitative estimate of drug-likeness (QED) is 0.389. The van der Waals surface area contributed by atoms with Crippen LogP contribution in [-0.2, 0) is 21.7 Å². The first-order valence-corrected chi connectivity index (χ1v) is 16.6. The SMILES string of the molecule is CC(C)N(C)[C@@H]1CC[C@H](N2CC[C@H](NC(=O)Oc3cnc(-c4ccccc4)n3C)C2=O)[C@H](CS(=O)(=O)c2ccccc2)C1. The summed E-state index contributed by atoms with van der Waals surface area (Å²) in [6, 6.07) is 17.7. The molecule has 1 aliphatic carbocycles. The minimum Gasteiger partial charge on any atom is -0.391 e. The van der Waals surface area contributed by atoms with Crippen LogP contribution < -0.4 is 10.1 Å². The van der Waals surface area contributed by atoms with Gasteiger partial charge in [0.1, 0.15) is 11.9 Å². The Hall–Kier alpha value is -3.70. The molecule has 5 rings (SSSR count). The third-order valence-corrected chi connectivity index (χ3v) is 10.8. The number of rotatable bonds is 9. The van der Waals surface area contributed by atoms with E-state index in [1.54, 1.807) is 46.8 Å². The van der Waals surface area contributed by atoms with E-state index >= 15 is 0 Å². The number of carbonyl (C=O) groups excluding carboxylic acids is 2. The molecule has 0 spiro atoms. The van der Waals surface area contributed by atoms with Gasteiger partial charge in [-0.15, -0.1) is 0 Å². The predicted octanol–water partition coefficient (Wildman–Crippen LogP) is 4.13. The second-order valence-electron chi connectivity index (χ2n) is 11.9. The van der Waals surface area contributed by atoms with E-state index in [1.807, 2.05) is 30.3 Å². The maximum atomic E-state index is 13.6. The topological polar surface area (TPSA) is 114 Å². The molecule has 1 aliphatic heterocycles. The number of ether oxygens (including phenoxy) is 1. The van der Waals surface area contributed by atoms with Crippen molar-refractivity contribution in [2.75, 3.05) is 19.3 Å². The molecule has 1 aromatic heterocycles. The molecule has 2 fully saturated rings. The Kier molecular flexibility index (Phi) is 9.22. The molecule has 43 heavy (non-hydrogen) atoms. The maximum Gasteiger partial charge on any atom is 0.414 e. The van der Waals surface area contributed by atoms with E-state index < -0.39 is 22.0 Å². The van der Waals surface area contributed by atoms with Gasteiger partial charge in [-0.05, 0) is 64.6 Å². The van der Waals surface area contributed by atoms with Crippen molar-refractivity contribution < 1.29 is 22.7 Å². The summed E-state index contributed by atoms with van der Waals surface area (Å²) in [7, 11) is 0.287. The molecular formula is C32H41N5O5S. The first-order chi connectivity index (χ1) is 20.5. The number of nitrogens with one attached hydrogen (secondary N) is 1. The molecule has 0 unspecified atom stereocenters. The van der Waals surface area contributed by atoms with Crippen molar-refractivity contribution in [2.45, 2.75) is 68.6 Å². The van der Waals surface area contributed by atoms with Gasteiger partial charge in [0.25, 0.3) is 0 Å². The lowest BCUT2D eigenvalue weighted by atomic mass is 9.81. The van der Waals surface area contributed by atoms with Gasteiger partial charge in [-0.2, -0.15) is 0 Å². The van der Waals surface area contributed by atoms with Crippen LogP contribution in [0.2, 0.25) is 0 Å². The highest BCUT2D eigenvalue weighted by molar-refractivity contribution is 7.91. The monoisotopic (exact) mass is 607 g/mol. The number of sulfone groups is 1. The first-order valence-electron chi connectivity index (χ1n) is 14.9. The van der Waals surface area contributed by atoms with Crippen molar-refractivity contribution >= 4 is 21.8 Å². The van der Waals surface area contributed by atoms with E-state index in [0.29, 0.717) is 42.6 Å². The van der Waals surface area contributed by atoms with Gasteiger partial charge >= 0.3 is 6.09 Å². The molecule has 0 radical (unpaired) electrons. The summed E-state index contributed by atoms with van der Waals surface area (Å²) in [6.07, 6.45) is 3.44. The standard InChI is InChI=1S/C32H41N5O5S/c1-22(2)35(3)25-15-16-28(24(19-25)21-43(40,41)26-13-9-6-10-14-26)37-18-17-27(31(37)38)34-32(39)42-29-20-33-30(36(29)4)23-11-7-5-8-12-23/h5-14,20,22,24-25,27-28H,15-19,21H2,1-4H3,(H,34,39)/t24-,25+,27-,28-/m0/s1. The van der Waals surface area contributed by atoms with Crippen LogP contribution in [0.1, 0.15) is 39.5 Å². The molecule has 1 saturated heterocycles. The molecule has 2 aliphatic rings. The Bertz CT molecular complexity index is 1530. The van der Waals surface area contributed by atoms with E-state index in [-0.39, 0.29) is 35.5 Å². The van der Waals surface area contributed by atoms with E-state index in [4.69, 9.17) is 4.74 Å². The molecule has 11 heteroatoms. The minimum absolute atomic E-state index is 0.0295. The number of hydrogen-bond donors (Lipinski definition) is 1.